The van der Waals surface area contributed by atoms with Gasteiger partial charge in [-0.15, -0.1) is 0 Å². The van der Waals surface area contributed by atoms with Crippen LogP contribution in [0.3, 0.4) is 0 Å². The first kappa shape index (κ1) is 10.0. The summed E-state index contributed by atoms with van der Waals surface area (Å²) in [4.78, 5) is 0. The van der Waals surface area contributed by atoms with Crippen LogP contribution in [0.4, 0.5) is 0 Å². The molecule has 1 unspecified atom stereocenters. The molecule has 78 valence electrons. The smallest absolute Gasteiger partial charge is 0.00992 e. The largest absolute Gasteiger partial charge is 0.0690 e. The fraction of sp³-hybridized carbons (Fsp3) is 0.714. The van der Waals surface area contributed by atoms with E-state index in [1.54, 1.807) is 16.7 Å². The third-order valence-electron chi connectivity index (χ3n) is 3.71. The van der Waals surface area contributed by atoms with Gasteiger partial charge in [0.05, 0.1) is 0 Å². The highest BCUT2D eigenvalue weighted by Crippen LogP contribution is 2.46. The van der Waals surface area contributed by atoms with E-state index in [0.717, 1.165) is 5.92 Å². The molecule has 0 radical (unpaired) electrons. The van der Waals surface area contributed by atoms with Crippen molar-refractivity contribution >= 4 is 0 Å². The molecule has 0 aromatic rings. The molecule has 0 heteroatoms. The molecule has 0 nitrogen and oxygen atoms in total. The predicted molar refractivity (Wildman–Crippen MR) is 62.2 cm³/mol. The monoisotopic (exact) mass is 190 g/mol. The third kappa shape index (κ3) is 1.67. The van der Waals surface area contributed by atoms with Gasteiger partial charge in [-0.1, -0.05) is 38.0 Å². The van der Waals surface area contributed by atoms with Crippen molar-refractivity contribution in [3.8, 4) is 0 Å². The molecule has 0 heterocycles. The van der Waals surface area contributed by atoms with Gasteiger partial charge in [0.25, 0.3) is 0 Å². The lowest BCUT2D eigenvalue weighted by atomic mass is 9.69. The minimum Gasteiger partial charge on any atom is -0.0690 e. The summed E-state index contributed by atoms with van der Waals surface area (Å²) >= 11 is 0. The van der Waals surface area contributed by atoms with E-state index in [1.165, 1.54) is 25.7 Å². The van der Waals surface area contributed by atoms with E-state index in [-0.39, 0.29) is 0 Å². The van der Waals surface area contributed by atoms with Gasteiger partial charge in [-0.25, -0.2) is 0 Å². The maximum absolute atomic E-state index is 2.44. The van der Waals surface area contributed by atoms with Crippen LogP contribution in [0, 0.1) is 11.3 Å². The Morgan fingerprint density at radius 1 is 1.29 bits per heavy atom. The SMILES string of the molecule is CC1=CC2=C(C1)C(C(C)(C)C)CCC2. The van der Waals surface area contributed by atoms with Crippen LogP contribution in [-0.4, -0.2) is 0 Å². The maximum atomic E-state index is 2.44. The van der Waals surface area contributed by atoms with E-state index >= 15 is 0 Å². The predicted octanol–water partition coefficient (Wildman–Crippen LogP) is 4.48. The van der Waals surface area contributed by atoms with Crippen LogP contribution < -0.4 is 0 Å². The highest BCUT2D eigenvalue weighted by molar-refractivity contribution is 5.41. The third-order valence-corrected chi connectivity index (χ3v) is 3.71. The van der Waals surface area contributed by atoms with Gasteiger partial charge in [-0.2, -0.15) is 0 Å². The summed E-state index contributed by atoms with van der Waals surface area (Å²) in [5.41, 5.74) is 5.47. The number of hydrogen-bond acceptors (Lipinski definition) is 0. The minimum absolute atomic E-state index is 0.458. The minimum atomic E-state index is 0.458. The molecule has 0 saturated carbocycles. The molecule has 0 aliphatic heterocycles. The van der Waals surface area contributed by atoms with E-state index in [0.29, 0.717) is 5.41 Å². The van der Waals surface area contributed by atoms with Gasteiger partial charge in [0.1, 0.15) is 0 Å². The topological polar surface area (TPSA) is 0 Å². The van der Waals surface area contributed by atoms with Crippen LogP contribution in [0.25, 0.3) is 0 Å². The quantitative estimate of drug-likeness (QED) is 0.528. The van der Waals surface area contributed by atoms with Gasteiger partial charge >= 0.3 is 0 Å². The number of hydrogen-bond donors (Lipinski definition) is 0. The summed E-state index contributed by atoms with van der Waals surface area (Å²) < 4.78 is 0. The first-order valence-electron chi connectivity index (χ1n) is 5.87. The van der Waals surface area contributed by atoms with Crippen molar-refractivity contribution in [2.45, 2.75) is 53.4 Å². The zero-order chi connectivity index (χ0) is 10.3. The molecule has 0 amide bonds. The van der Waals surface area contributed by atoms with Crippen molar-refractivity contribution in [3.05, 3.63) is 22.8 Å². The van der Waals surface area contributed by atoms with E-state index < -0.39 is 0 Å². The standard InChI is InChI=1S/C14H22/c1-10-8-11-6-5-7-13(12(11)9-10)14(2,3)4/h8,13H,5-7,9H2,1-4H3. The van der Waals surface area contributed by atoms with Crippen molar-refractivity contribution in [1.29, 1.82) is 0 Å². The molecule has 14 heavy (non-hydrogen) atoms. The summed E-state index contributed by atoms with van der Waals surface area (Å²) in [7, 11) is 0. The summed E-state index contributed by atoms with van der Waals surface area (Å²) in [5, 5.41) is 0. The molecule has 0 spiro atoms. The first-order chi connectivity index (χ1) is 6.48. The Bertz CT molecular complexity index is 296. The molecule has 0 aromatic carbocycles. The van der Waals surface area contributed by atoms with Crippen LogP contribution >= 0.6 is 0 Å². The fourth-order valence-electron chi connectivity index (χ4n) is 3.06. The lowest BCUT2D eigenvalue weighted by Crippen LogP contribution is -2.24. The van der Waals surface area contributed by atoms with E-state index in [1.807, 2.05) is 0 Å². The molecule has 2 rings (SSSR count). The molecule has 0 aromatic heterocycles. The van der Waals surface area contributed by atoms with Gasteiger partial charge in [0.15, 0.2) is 0 Å². The molecular formula is C14H22. The fourth-order valence-corrected chi connectivity index (χ4v) is 3.06. The molecular weight excluding hydrogens is 168 g/mol. The Labute approximate surface area is 88.1 Å². The highest BCUT2D eigenvalue weighted by Gasteiger charge is 2.33. The Hall–Kier alpha value is -0.520. The molecule has 0 bridgehead atoms. The second-order valence-electron chi connectivity index (χ2n) is 6.03. The van der Waals surface area contributed by atoms with Gasteiger partial charge in [0, 0.05) is 0 Å². The van der Waals surface area contributed by atoms with Gasteiger partial charge < -0.3 is 0 Å². The number of allylic oxidation sites excluding steroid dienone is 4. The maximum Gasteiger partial charge on any atom is -0.00992 e. The Morgan fingerprint density at radius 2 is 2.00 bits per heavy atom. The normalized spacial score (nSPS) is 27.7. The lowest BCUT2D eigenvalue weighted by Gasteiger charge is -2.36. The van der Waals surface area contributed by atoms with E-state index in [2.05, 4.69) is 33.8 Å². The van der Waals surface area contributed by atoms with Crippen molar-refractivity contribution in [3.63, 3.8) is 0 Å². The van der Waals surface area contributed by atoms with Crippen molar-refractivity contribution < 1.29 is 0 Å². The summed E-state index contributed by atoms with van der Waals surface area (Å²) in [6.45, 7) is 9.45. The summed E-state index contributed by atoms with van der Waals surface area (Å²) in [5.74, 6) is 0.833. The van der Waals surface area contributed by atoms with Crippen LogP contribution in [0.15, 0.2) is 22.8 Å². The van der Waals surface area contributed by atoms with Crippen LogP contribution in [0.5, 0.6) is 0 Å². The molecule has 0 N–H and O–H groups in total. The van der Waals surface area contributed by atoms with Crippen LogP contribution in [0.2, 0.25) is 0 Å². The van der Waals surface area contributed by atoms with Crippen LogP contribution in [-0.2, 0) is 0 Å². The Kier molecular flexibility index (Phi) is 2.33. The summed E-state index contributed by atoms with van der Waals surface area (Å²) in [6, 6.07) is 0. The zero-order valence-electron chi connectivity index (χ0n) is 9.98. The second kappa shape index (κ2) is 3.25. The Morgan fingerprint density at radius 3 is 2.64 bits per heavy atom. The highest BCUT2D eigenvalue weighted by atomic mass is 14.4. The van der Waals surface area contributed by atoms with Crippen molar-refractivity contribution in [2.24, 2.45) is 11.3 Å². The Balaban J connectivity index is 2.27. The molecule has 0 fully saturated rings. The molecule has 2 aliphatic rings. The first-order valence-corrected chi connectivity index (χ1v) is 5.87. The van der Waals surface area contributed by atoms with E-state index in [4.69, 9.17) is 0 Å². The zero-order valence-corrected chi connectivity index (χ0v) is 9.98. The molecule has 0 saturated heterocycles. The van der Waals surface area contributed by atoms with Gasteiger partial charge in [-0.05, 0) is 49.5 Å². The van der Waals surface area contributed by atoms with Crippen molar-refractivity contribution in [2.75, 3.05) is 0 Å². The van der Waals surface area contributed by atoms with Gasteiger partial charge in [-0.3, -0.25) is 0 Å². The molecule has 1 atom stereocenters. The number of rotatable bonds is 0. The van der Waals surface area contributed by atoms with Gasteiger partial charge in [0.2, 0.25) is 0 Å². The second-order valence-corrected chi connectivity index (χ2v) is 6.03. The summed E-state index contributed by atoms with van der Waals surface area (Å²) in [6.07, 6.45) is 7.83. The van der Waals surface area contributed by atoms with E-state index in [9.17, 15) is 0 Å². The lowest BCUT2D eigenvalue weighted by molar-refractivity contribution is 0.248. The average Bonchev–Trinajstić information content (AvgIpc) is 2.41. The van der Waals surface area contributed by atoms with Crippen molar-refractivity contribution in [1.82, 2.24) is 0 Å². The molecule has 2 aliphatic carbocycles. The average molecular weight is 190 g/mol. The van der Waals surface area contributed by atoms with Crippen LogP contribution in [0.1, 0.15) is 53.4 Å².